The molecule has 0 spiro atoms. The molecule has 2 aliphatic rings. The van der Waals surface area contributed by atoms with Gasteiger partial charge in [0.15, 0.2) is 6.23 Å². The molecule has 0 aromatic carbocycles. The highest BCUT2D eigenvalue weighted by Gasteiger charge is 2.41. The van der Waals surface area contributed by atoms with E-state index in [1.54, 1.807) is 0 Å². The summed E-state index contributed by atoms with van der Waals surface area (Å²) in [6.07, 6.45) is 0.210. The zero-order chi connectivity index (χ0) is 8.55. The zero-order valence-corrected chi connectivity index (χ0v) is 7.57. The van der Waals surface area contributed by atoms with Crippen molar-refractivity contribution in [3.63, 3.8) is 0 Å². The predicted octanol–water partition coefficient (Wildman–Crippen LogP) is -0.735. The summed E-state index contributed by atoms with van der Waals surface area (Å²) in [6.45, 7) is 7.88. The van der Waals surface area contributed by atoms with E-state index in [2.05, 4.69) is 16.7 Å². The molecule has 0 amide bonds. The van der Waals surface area contributed by atoms with E-state index in [1.165, 1.54) is 0 Å². The number of nitrogens with zero attached hydrogens (tertiary/aromatic N) is 2. The smallest absolute Gasteiger partial charge is 0.152 e. The Bertz CT molecular complexity index is 156. The summed E-state index contributed by atoms with van der Waals surface area (Å²) in [5.74, 6) is 0. The highest BCUT2D eigenvalue weighted by atomic mass is 16.6. The van der Waals surface area contributed by atoms with Crippen LogP contribution in [0.25, 0.3) is 0 Å². The van der Waals surface area contributed by atoms with E-state index in [9.17, 15) is 0 Å². The Morgan fingerprint density at radius 1 is 1.33 bits per heavy atom. The number of nitrogens with two attached hydrogens (primary N) is 1. The number of rotatable bonds is 2. The maximum absolute atomic E-state index is 5.59. The number of hydrogen-bond donors (Lipinski definition) is 1. The van der Waals surface area contributed by atoms with Crippen molar-refractivity contribution < 1.29 is 4.74 Å². The van der Waals surface area contributed by atoms with Crippen LogP contribution in [0.3, 0.4) is 0 Å². The van der Waals surface area contributed by atoms with Crippen LogP contribution in [0.5, 0.6) is 0 Å². The third-order valence-corrected chi connectivity index (χ3v) is 2.71. The molecule has 70 valence electrons. The minimum atomic E-state index is -0.0156. The van der Waals surface area contributed by atoms with Gasteiger partial charge in [-0.2, -0.15) is 0 Å². The van der Waals surface area contributed by atoms with E-state index in [1.807, 2.05) is 0 Å². The minimum Gasteiger partial charge on any atom is -0.337 e. The number of likely N-dealkylation sites (N-methyl/N-ethyl adjacent to an activating group) is 1. The van der Waals surface area contributed by atoms with Gasteiger partial charge in [-0.3, -0.25) is 4.90 Å². The lowest BCUT2D eigenvalue weighted by molar-refractivity contribution is 0.0946. The van der Waals surface area contributed by atoms with E-state index < -0.39 is 0 Å². The summed E-state index contributed by atoms with van der Waals surface area (Å²) in [6, 6.07) is 0. The molecule has 2 unspecified atom stereocenters. The Kier molecular flexibility index (Phi) is 2.32. The van der Waals surface area contributed by atoms with Crippen molar-refractivity contribution in [2.75, 3.05) is 32.7 Å². The van der Waals surface area contributed by atoms with E-state index >= 15 is 0 Å². The second-order valence-corrected chi connectivity index (χ2v) is 3.46. The Morgan fingerprint density at radius 2 is 1.92 bits per heavy atom. The van der Waals surface area contributed by atoms with Gasteiger partial charge in [0.1, 0.15) is 6.23 Å². The van der Waals surface area contributed by atoms with E-state index in [0.717, 1.165) is 32.7 Å². The van der Waals surface area contributed by atoms with Crippen molar-refractivity contribution in [3.8, 4) is 0 Å². The quantitative estimate of drug-likeness (QED) is 0.556. The molecule has 2 heterocycles. The molecule has 12 heavy (non-hydrogen) atoms. The molecule has 4 nitrogen and oxygen atoms in total. The van der Waals surface area contributed by atoms with Crippen molar-refractivity contribution in [1.29, 1.82) is 0 Å². The van der Waals surface area contributed by atoms with Gasteiger partial charge < -0.3 is 15.4 Å². The Balaban J connectivity index is 1.75. The van der Waals surface area contributed by atoms with Gasteiger partial charge in [0, 0.05) is 26.2 Å². The lowest BCUT2D eigenvalue weighted by Gasteiger charge is -2.32. The van der Waals surface area contributed by atoms with Crippen LogP contribution in [0.2, 0.25) is 0 Å². The van der Waals surface area contributed by atoms with Gasteiger partial charge in [-0.05, 0) is 6.54 Å². The summed E-state index contributed by atoms with van der Waals surface area (Å²) < 4.78 is 5.21. The molecule has 0 saturated carbocycles. The average Bonchev–Trinajstić information content (AvgIpc) is 2.83. The van der Waals surface area contributed by atoms with Gasteiger partial charge in [-0.15, -0.1) is 0 Å². The van der Waals surface area contributed by atoms with E-state index in [4.69, 9.17) is 10.5 Å². The Hall–Kier alpha value is -0.160. The molecule has 0 aromatic heterocycles. The van der Waals surface area contributed by atoms with Gasteiger partial charge in [0.25, 0.3) is 0 Å². The molecule has 0 aliphatic carbocycles. The van der Waals surface area contributed by atoms with Gasteiger partial charge >= 0.3 is 0 Å². The topological polar surface area (TPSA) is 45.0 Å². The molecular formula is C8H17N3O. The van der Waals surface area contributed by atoms with Crippen LogP contribution in [0.1, 0.15) is 6.92 Å². The fourth-order valence-corrected chi connectivity index (χ4v) is 1.74. The molecule has 2 fully saturated rings. The van der Waals surface area contributed by atoms with Crippen molar-refractivity contribution in [2.24, 2.45) is 5.73 Å². The molecule has 2 aliphatic heterocycles. The summed E-state index contributed by atoms with van der Waals surface area (Å²) in [4.78, 5) is 4.78. The molecule has 2 N–H and O–H groups in total. The first kappa shape index (κ1) is 8.44. The molecule has 0 aromatic rings. The molecule has 0 bridgehead atoms. The fourth-order valence-electron chi connectivity index (χ4n) is 1.74. The average molecular weight is 171 g/mol. The van der Waals surface area contributed by atoms with Crippen LogP contribution in [0.15, 0.2) is 0 Å². The third kappa shape index (κ3) is 1.61. The molecule has 2 rings (SSSR count). The minimum absolute atomic E-state index is 0.0156. The van der Waals surface area contributed by atoms with Crippen LogP contribution < -0.4 is 5.73 Å². The van der Waals surface area contributed by atoms with E-state index in [-0.39, 0.29) is 12.5 Å². The first-order valence-corrected chi connectivity index (χ1v) is 4.68. The van der Waals surface area contributed by atoms with Crippen molar-refractivity contribution in [1.82, 2.24) is 9.80 Å². The van der Waals surface area contributed by atoms with Crippen LogP contribution in [0.4, 0.5) is 0 Å². The highest BCUT2D eigenvalue weighted by molar-refractivity contribution is 4.83. The highest BCUT2D eigenvalue weighted by Crippen LogP contribution is 2.22. The van der Waals surface area contributed by atoms with Crippen molar-refractivity contribution >= 4 is 0 Å². The van der Waals surface area contributed by atoms with Gasteiger partial charge in [-0.1, -0.05) is 6.92 Å². The van der Waals surface area contributed by atoms with Crippen LogP contribution in [-0.2, 0) is 4.74 Å². The summed E-state index contributed by atoms with van der Waals surface area (Å²) in [7, 11) is 0. The first-order valence-electron chi connectivity index (χ1n) is 4.68. The second-order valence-electron chi connectivity index (χ2n) is 3.46. The molecule has 4 heteroatoms. The third-order valence-electron chi connectivity index (χ3n) is 2.71. The Labute approximate surface area is 73.3 Å². The molecule has 2 atom stereocenters. The predicted molar refractivity (Wildman–Crippen MR) is 46.5 cm³/mol. The first-order chi connectivity index (χ1) is 5.81. The lowest BCUT2D eigenvalue weighted by Crippen LogP contribution is -2.48. The largest absolute Gasteiger partial charge is 0.337 e. The van der Waals surface area contributed by atoms with Crippen molar-refractivity contribution in [3.05, 3.63) is 0 Å². The molecule has 0 radical (unpaired) electrons. The number of piperazine rings is 1. The lowest BCUT2D eigenvalue weighted by atomic mass is 10.3. The van der Waals surface area contributed by atoms with Gasteiger partial charge in [-0.25, -0.2) is 0 Å². The maximum atomic E-state index is 5.59. The van der Waals surface area contributed by atoms with Crippen molar-refractivity contribution in [2.45, 2.75) is 19.4 Å². The van der Waals surface area contributed by atoms with Gasteiger partial charge in [0.2, 0.25) is 0 Å². The van der Waals surface area contributed by atoms with E-state index in [0.29, 0.717) is 0 Å². The number of ether oxygens (including phenoxy) is 1. The maximum Gasteiger partial charge on any atom is 0.152 e. The molecular weight excluding hydrogens is 154 g/mol. The standard InChI is InChI=1S/C8H17N3O/c1-2-10-3-5-11(6-4-10)8-7(9)12-8/h7-8H,2-6,9H2,1H3. The van der Waals surface area contributed by atoms with Crippen LogP contribution in [-0.4, -0.2) is 55.0 Å². The molecule has 2 saturated heterocycles. The van der Waals surface area contributed by atoms with Crippen LogP contribution in [0, 0.1) is 0 Å². The Morgan fingerprint density at radius 3 is 2.33 bits per heavy atom. The van der Waals surface area contributed by atoms with Crippen LogP contribution >= 0.6 is 0 Å². The van der Waals surface area contributed by atoms with Gasteiger partial charge in [0.05, 0.1) is 0 Å². The fraction of sp³-hybridized carbons (Fsp3) is 1.00. The normalized spacial score (nSPS) is 38.5. The summed E-state index contributed by atoms with van der Waals surface area (Å²) in [5.41, 5.74) is 5.59. The summed E-state index contributed by atoms with van der Waals surface area (Å²) >= 11 is 0. The number of hydrogen-bond acceptors (Lipinski definition) is 4. The zero-order valence-electron chi connectivity index (χ0n) is 7.57. The monoisotopic (exact) mass is 171 g/mol. The SMILES string of the molecule is CCN1CCN(C2OC2N)CC1. The number of epoxide rings is 1. The summed E-state index contributed by atoms with van der Waals surface area (Å²) in [5, 5.41) is 0. The second kappa shape index (κ2) is 3.30.